The van der Waals surface area contributed by atoms with Crippen molar-refractivity contribution in [1.82, 2.24) is 9.78 Å². The lowest BCUT2D eigenvalue weighted by atomic mass is 10.2. The molecule has 1 heterocycles. The fourth-order valence-electron chi connectivity index (χ4n) is 1.43. The Morgan fingerprint density at radius 3 is 2.88 bits per heavy atom. The lowest BCUT2D eigenvalue weighted by molar-refractivity contribution is 0.340. The summed E-state index contributed by atoms with van der Waals surface area (Å²) in [5.74, 6) is 0.754. The number of rotatable bonds is 3. The van der Waals surface area contributed by atoms with Gasteiger partial charge >= 0.3 is 0 Å². The van der Waals surface area contributed by atoms with Crippen LogP contribution >= 0.6 is 15.9 Å². The van der Waals surface area contributed by atoms with Crippen molar-refractivity contribution < 1.29 is 4.74 Å². The molecule has 5 heteroatoms. The van der Waals surface area contributed by atoms with Gasteiger partial charge in [-0.3, -0.25) is 0 Å². The minimum Gasteiger partial charge on any atom is -0.494 e. The second-order valence-electron chi connectivity index (χ2n) is 3.30. The number of nitrogens with two attached hydrogens (primary N) is 1. The van der Waals surface area contributed by atoms with E-state index in [1.807, 2.05) is 25.3 Å². The molecule has 2 rings (SSSR count). The van der Waals surface area contributed by atoms with Crippen LogP contribution in [0, 0.1) is 0 Å². The van der Waals surface area contributed by atoms with Crippen molar-refractivity contribution in [3.63, 3.8) is 0 Å². The van der Waals surface area contributed by atoms with E-state index >= 15 is 0 Å². The number of hydrogen-bond donors (Lipinski definition) is 1. The molecule has 16 heavy (non-hydrogen) atoms. The summed E-state index contributed by atoms with van der Waals surface area (Å²) in [7, 11) is 0. The zero-order valence-corrected chi connectivity index (χ0v) is 10.4. The van der Waals surface area contributed by atoms with E-state index in [0.717, 1.165) is 15.9 Å². The number of ether oxygens (including phenoxy) is 1. The van der Waals surface area contributed by atoms with E-state index < -0.39 is 0 Å². The minimum atomic E-state index is 0.617. The van der Waals surface area contributed by atoms with Crippen molar-refractivity contribution in [2.24, 2.45) is 0 Å². The highest BCUT2D eigenvalue weighted by Crippen LogP contribution is 2.22. The molecule has 0 unspecified atom stereocenters. The van der Waals surface area contributed by atoms with Gasteiger partial charge in [0.05, 0.1) is 23.0 Å². The zero-order valence-electron chi connectivity index (χ0n) is 8.85. The average Bonchev–Trinajstić information content (AvgIpc) is 2.64. The van der Waals surface area contributed by atoms with Crippen LogP contribution in [0.15, 0.2) is 35.1 Å². The molecule has 4 nitrogen and oxygen atoms in total. The molecule has 1 aromatic heterocycles. The van der Waals surface area contributed by atoms with Crippen LogP contribution in [-0.2, 0) is 0 Å². The number of nitrogen functional groups attached to an aromatic ring is 1. The molecule has 0 radical (unpaired) electrons. The molecule has 0 aliphatic carbocycles. The van der Waals surface area contributed by atoms with Crippen molar-refractivity contribution in [3.05, 3.63) is 35.1 Å². The van der Waals surface area contributed by atoms with Crippen LogP contribution in [0.1, 0.15) is 6.92 Å². The van der Waals surface area contributed by atoms with Gasteiger partial charge < -0.3 is 10.5 Å². The Hall–Kier alpha value is -1.49. The van der Waals surface area contributed by atoms with Gasteiger partial charge in [0, 0.05) is 24.0 Å². The van der Waals surface area contributed by atoms with Gasteiger partial charge in [-0.25, -0.2) is 4.68 Å². The maximum Gasteiger partial charge on any atom is 0.123 e. The number of anilines is 1. The Labute approximate surface area is 102 Å². The molecule has 1 aromatic carbocycles. The van der Waals surface area contributed by atoms with E-state index in [1.165, 1.54) is 0 Å². The number of nitrogens with zero attached hydrogens (tertiary/aromatic N) is 2. The smallest absolute Gasteiger partial charge is 0.123 e. The van der Waals surface area contributed by atoms with E-state index in [2.05, 4.69) is 21.0 Å². The standard InChI is InChI=1S/C11H12BrN3O/c1-2-16-11-4-9(13)3-10(5-11)15-7-8(12)6-14-15/h3-7H,2,13H2,1H3. The van der Waals surface area contributed by atoms with Gasteiger partial charge in [-0.15, -0.1) is 0 Å². The van der Waals surface area contributed by atoms with Crippen molar-refractivity contribution in [1.29, 1.82) is 0 Å². The summed E-state index contributed by atoms with van der Waals surface area (Å²) in [5, 5.41) is 4.19. The predicted molar refractivity (Wildman–Crippen MR) is 66.8 cm³/mol. The Balaban J connectivity index is 2.40. The molecule has 2 N–H and O–H groups in total. The average molecular weight is 282 g/mol. The molecule has 0 bridgehead atoms. The van der Waals surface area contributed by atoms with E-state index in [9.17, 15) is 0 Å². The molecular weight excluding hydrogens is 270 g/mol. The Morgan fingerprint density at radius 1 is 1.44 bits per heavy atom. The first-order chi connectivity index (χ1) is 7.69. The summed E-state index contributed by atoms with van der Waals surface area (Å²) in [4.78, 5) is 0. The summed E-state index contributed by atoms with van der Waals surface area (Å²) in [6, 6.07) is 5.55. The Morgan fingerprint density at radius 2 is 2.25 bits per heavy atom. The normalized spacial score (nSPS) is 10.4. The van der Waals surface area contributed by atoms with Crippen LogP contribution in [0.3, 0.4) is 0 Å². The fourth-order valence-corrected chi connectivity index (χ4v) is 1.72. The van der Waals surface area contributed by atoms with Gasteiger partial charge in [0.2, 0.25) is 0 Å². The second kappa shape index (κ2) is 4.57. The Bertz CT molecular complexity index is 496. The van der Waals surface area contributed by atoms with Crippen molar-refractivity contribution in [2.75, 3.05) is 12.3 Å². The van der Waals surface area contributed by atoms with Gasteiger partial charge in [0.25, 0.3) is 0 Å². The predicted octanol–water partition coefficient (Wildman–Crippen LogP) is 2.62. The third-order valence-corrected chi connectivity index (χ3v) is 2.45. The fraction of sp³-hybridized carbons (Fsp3) is 0.182. The molecule has 0 spiro atoms. The lowest BCUT2D eigenvalue weighted by Gasteiger charge is -2.07. The van der Waals surface area contributed by atoms with Crippen LogP contribution < -0.4 is 10.5 Å². The zero-order chi connectivity index (χ0) is 11.5. The maximum absolute atomic E-state index is 5.80. The molecule has 84 valence electrons. The van der Waals surface area contributed by atoms with E-state index in [4.69, 9.17) is 10.5 Å². The summed E-state index contributed by atoms with van der Waals surface area (Å²) in [6.45, 7) is 2.55. The number of benzene rings is 1. The van der Waals surface area contributed by atoms with Crippen LogP contribution in [0.2, 0.25) is 0 Å². The number of aromatic nitrogens is 2. The largest absolute Gasteiger partial charge is 0.494 e. The van der Waals surface area contributed by atoms with Gasteiger partial charge in [-0.2, -0.15) is 5.10 Å². The highest BCUT2D eigenvalue weighted by atomic mass is 79.9. The van der Waals surface area contributed by atoms with Crippen molar-refractivity contribution in [3.8, 4) is 11.4 Å². The third-order valence-electron chi connectivity index (χ3n) is 2.04. The van der Waals surface area contributed by atoms with Gasteiger partial charge in [0.15, 0.2) is 0 Å². The monoisotopic (exact) mass is 281 g/mol. The van der Waals surface area contributed by atoms with E-state index in [1.54, 1.807) is 16.9 Å². The topological polar surface area (TPSA) is 53.1 Å². The lowest BCUT2D eigenvalue weighted by Crippen LogP contribution is -1.99. The van der Waals surface area contributed by atoms with Crippen LogP contribution in [0.5, 0.6) is 5.75 Å². The molecule has 0 amide bonds. The first-order valence-electron chi connectivity index (χ1n) is 4.93. The molecule has 0 fully saturated rings. The van der Waals surface area contributed by atoms with Crippen molar-refractivity contribution in [2.45, 2.75) is 6.92 Å². The van der Waals surface area contributed by atoms with E-state index in [-0.39, 0.29) is 0 Å². The SMILES string of the molecule is CCOc1cc(N)cc(-n2cc(Br)cn2)c1. The highest BCUT2D eigenvalue weighted by Gasteiger charge is 2.03. The summed E-state index contributed by atoms with van der Waals surface area (Å²) >= 11 is 3.35. The van der Waals surface area contributed by atoms with Gasteiger partial charge in [-0.1, -0.05) is 0 Å². The molecule has 0 atom stereocenters. The molecule has 0 aliphatic heterocycles. The number of halogens is 1. The van der Waals surface area contributed by atoms with Crippen molar-refractivity contribution >= 4 is 21.6 Å². The highest BCUT2D eigenvalue weighted by molar-refractivity contribution is 9.10. The minimum absolute atomic E-state index is 0.617. The second-order valence-corrected chi connectivity index (χ2v) is 4.21. The first kappa shape index (κ1) is 11.0. The molecule has 0 saturated carbocycles. The molecule has 0 saturated heterocycles. The molecule has 0 aliphatic rings. The van der Waals surface area contributed by atoms with E-state index in [0.29, 0.717) is 12.3 Å². The van der Waals surface area contributed by atoms with Crippen LogP contribution in [0.4, 0.5) is 5.69 Å². The van der Waals surface area contributed by atoms with Crippen LogP contribution in [0.25, 0.3) is 5.69 Å². The quantitative estimate of drug-likeness (QED) is 0.880. The van der Waals surface area contributed by atoms with Gasteiger partial charge in [0.1, 0.15) is 5.75 Å². The number of hydrogen-bond acceptors (Lipinski definition) is 3. The Kier molecular flexibility index (Phi) is 3.14. The summed E-state index contributed by atoms with van der Waals surface area (Å²) in [6.07, 6.45) is 3.59. The van der Waals surface area contributed by atoms with Gasteiger partial charge in [-0.05, 0) is 28.9 Å². The molecular formula is C11H12BrN3O. The molecule has 2 aromatic rings. The third kappa shape index (κ3) is 2.36. The van der Waals surface area contributed by atoms with Crippen LogP contribution in [-0.4, -0.2) is 16.4 Å². The first-order valence-corrected chi connectivity index (χ1v) is 5.72. The summed E-state index contributed by atoms with van der Waals surface area (Å²) < 4.78 is 8.09. The summed E-state index contributed by atoms with van der Waals surface area (Å²) in [5.41, 5.74) is 7.34. The maximum atomic E-state index is 5.80.